The second-order valence-electron chi connectivity index (χ2n) is 4.99. The molecule has 5 nitrogen and oxygen atoms in total. The summed E-state index contributed by atoms with van der Waals surface area (Å²) in [4.78, 5) is 13.5. The standard InChI is InChI=1S/C10H18N2O3S/c1-16(14,15)7-10(13)12-5-8-2-9(6-12)4-11-3-8/h8-9,11H,2-7H2,1H3. The van der Waals surface area contributed by atoms with Crippen LogP contribution in [0.1, 0.15) is 6.42 Å². The lowest BCUT2D eigenvalue weighted by atomic mass is 9.86. The zero-order chi connectivity index (χ0) is 11.8. The van der Waals surface area contributed by atoms with E-state index in [9.17, 15) is 13.2 Å². The minimum atomic E-state index is -3.20. The highest BCUT2D eigenvalue weighted by molar-refractivity contribution is 7.91. The third-order valence-electron chi connectivity index (χ3n) is 3.23. The van der Waals surface area contributed by atoms with E-state index in [2.05, 4.69) is 5.32 Å². The lowest BCUT2D eigenvalue weighted by Crippen LogP contribution is -2.53. The number of rotatable bonds is 2. The first-order valence-corrected chi connectivity index (χ1v) is 7.66. The molecule has 2 unspecified atom stereocenters. The Kier molecular flexibility index (Phi) is 3.21. The van der Waals surface area contributed by atoms with Gasteiger partial charge in [0.25, 0.3) is 0 Å². The molecule has 2 heterocycles. The molecule has 0 aliphatic carbocycles. The third-order valence-corrected chi connectivity index (χ3v) is 4.00. The summed E-state index contributed by atoms with van der Waals surface area (Å²) < 4.78 is 22.1. The predicted molar refractivity (Wildman–Crippen MR) is 60.8 cm³/mol. The molecule has 2 aliphatic heterocycles. The number of carbonyl (C=O) groups excluding carboxylic acids is 1. The van der Waals surface area contributed by atoms with Crippen LogP contribution in [0.5, 0.6) is 0 Å². The van der Waals surface area contributed by atoms with E-state index in [0.29, 0.717) is 24.9 Å². The molecule has 2 fully saturated rings. The highest BCUT2D eigenvalue weighted by atomic mass is 32.2. The molecule has 0 aromatic rings. The van der Waals surface area contributed by atoms with Gasteiger partial charge in [-0.1, -0.05) is 0 Å². The summed E-state index contributed by atoms with van der Waals surface area (Å²) in [5.74, 6) is 0.408. The van der Waals surface area contributed by atoms with Gasteiger partial charge < -0.3 is 10.2 Å². The maximum Gasteiger partial charge on any atom is 0.237 e. The molecule has 2 bridgehead atoms. The van der Waals surface area contributed by atoms with E-state index < -0.39 is 9.84 Å². The summed E-state index contributed by atoms with van der Waals surface area (Å²) in [5.41, 5.74) is 0. The minimum absolute atomic E-state index is 0.237. The van der Waals surface area contributed by atoms with E-state index in [0.717, 1.165) is 25.8 Å². The van der Waals surface area contributed by atoms with Crippen molar-refractivity contribution in [3.8, 4) is 0 Å². The molecule has 2 rings (SSSR count). The molecule has 0 aromatic heterocycles. The number of fused-ring (bicyclic) bond motifs is 2. The van der Waals surface area contributed by atoms with Crippen molar-refractivity contribution in [1.82, 2.24) is 10.2 Å². The molecule has 16 heavy (non-hydrogen) atoms. The highest BCUT2D eigenvalue weighted by Gasteiger charge is 2.33. The maximum absolute atomic E-state index is 11.8. The van der Waals surface area contributed by atoms with Crippen LogP contribution in [0.25, 0.3) is 0 Å². The van der Waals surface area contributed by atoms with Gasteiger partial charge in [0.05, 0.1) is 0 Å². The Labute approximate surface area is 96.1 Å². The van der Waals surface area contributed by atoms with E-state index in [-0.39, 0.29) is 11.7 Å². The van der Waals surface area contributed by atoms with Crippen LogP contribution in [-0.2, 0) is 14.6 Å². The first-order valence-electron chi connectivity index (χ1n) is 5.60. The number of hydrogen-bond donors (Lipinski definition) is 1. The van der Waals surface area contributed by atoms with Crippen molar-refractivity contribution in [2.24, 2.45) is 11.8 Å². The Morgan fingerprint density at radius 1 is 1.31 bits per heavy atom. The lowest BCUT2D eigenvalue weighted by molar-refractivity contribution is -0.131. The molecule has 0 spiro atoms. The van der Waals surface area contributed by atoms with Crippen LogP contribution < -0.4 is 5.32 Å². The number of likely N-dealkylation sites (tertiary alicyclic amines) is 1. The SMILES string of the molecule is CS(=O)(=O)CC(=O)N1CC2CNCC(C2)C1. The Balaban J connectivity index is 1.97. The molecule has 0 aromatic carbocycles. The molecule has 92 valence electrons. The van der Waals surface area contributed by atoms with Gasteiger partial charge in [0.2, 0.25) is 5.91 Å². The Hall–Kier alpha value is -0.620. The summed E-state index contributed by atoms with van der Waals surface area (Å²) in [6, 6.07) is 0. The van der Waals surface area contributed by atoms with E-state index >= 15 is 0 Å². The number of nitrogens with zero attached hydrogens (tertiary/aromatic N) is 1. The number of piperidine rings is 2. The Bertz CT molecular complexity index is 368. The van der Waals surface area contributed by atoms with E-state index in [1.165, 1.54) is 0 Å². The van der Waals surface area contributed by atoms with Gasteiger partial charge in [0.15, 0.2) is 9.84 Å². The molecule has 2 aliphatic rings. The van der Waals surface area contributed by atoms with Crippen molar-refractivity contribution in [1.29, 1.82) is 0 Å². The van der Waals surface area contributed by atoms with Gasteiger partial charge in [-0.2, -0.15) is 0 Å². The van der Waals surface area contributed by atoms with Crippen molar-refractivity contribution >= 4 is 15.7 Å². The smallest absolute Gasteiger partial charge is 0.237 e. The van der Waals surface area contributed by atoms with Crippen LogP contribution in [0.2, 0.25) is 0 Å². The molecule has 1 N–H and O–H groups in total. The molecule has 1 amide bonds. The highest BCUT2D eigenvalue weighted by Crippen LogP contribution is 2.24. The maximum atomic E-state index is 11.8. The first-order chi connectivity index (χ1) is 7.44. The van der Waals surface area contributed by atoms with Gasteiger partial charge in [-0.05, 0) is 31.3 Å². The average molecular weight is 246 g/mol. The predicted octanol–water partition coefficient (Wildman–Crippen LogP) is -0.901. The van der Waals surface area contributed by atoms with Gasteiger partial charge in [0, 0.05) is 19.3 Å². The zero-order valence-corrected chi connectivity index (χ0v) is 10.3. The fraction of sp³-hybridized carbons (Fsp3) is 0.900. The fourth-order valence-electron chi connectivity index (χ4n) is 2.62. The van der Waals surface area contributed by atoms with Crippen molar-refractivity contribution < 1.29 is 13.2 Å². The van der Waals surface area contributed by atoms with Crippen molar-refractivity contribution in [3.05, 3.63) is 0 Å². The zero-order valence-electron chi connectivity index (χ0n) is 9.48. The van der Waals surface area contributed by atoms with Gasteiger partial charge in [-0.15, -0.1) is 0 Å². The van der Waals surface area contributed by atoms with Gasteiger partial charge in [-0.25, -0.2) is 8.42 Å². The van der Waals surface area contributed by atoms with Crippen LogP contribution in [0.4, 0.5) is 0 Å². The third kappa shape index (κ3) is 2.95. The monoisotopic (exact) mass is 246 g/mol. The van der Waals surface area contributed by atoms with Crippen molar-refractivity contribution in [2.75, 3.05) is 38.2 Å². The molecule has 6 heteroatoms. The van der Waals surface area contributed by atoms with E-state index in [1.54, 1.807) is 4.90 Å². The van der Waals surface area contributed by atoms with Crippen LogP contribution >= 0.6 is 0 Å². The average Bonchev–Trinajstić information content (AvgIpc) is 2.14. The summed E-state index contributed by atoms with van der Waals surface area (Å²) in [5, 5.41) is 3.34. The van der Waals surface area contributed by atoms with E-state index in [4.69, 9.17) is 0 Å². The largest absolute Gasteiger partial charge is 0.341 e. The van der Waals surface area contributed by atoms with Crippen LogP contribution in [0.3, 0.4) is 0 Å². The fourth-order valence-corrected chi connectivity index (χ4v) is 3.26. The summed E-state index contributed by atoms with van der Waals surface area (Å²) in [6.45, 7) is 3.30. The lowest BCUT2D eigenvalue weighted by Gasteiger charge is -2.41. The van der Waals surface area contributed by atoms with Gasteiger partial charge in [-0.3, -0.25) is 4.79 Å². The normalized spacial score (nSPS) is 30.2. The number of nitrogens with one attached hydrogen (secondary N) is 1. The van der Waals surface area contributed by atoms with Crippen LogP contribution in [0.15, 0.2) is 0 Å². The molecule has 0 radical (unpaired) electrons. The van der Waals surface area contributed by atoms with E-state index in [1.807, 2.05) is 0 Å². The molecular formula is C10H18N2O3S. The molecule has 2 saturated heterocycles. The number of carbonyl (C=O) groups is 1. The Morgan fingerprint density at radius 3 is 2.38 bits per heavy atom. The minimum Gasteiger partial charge on any atom is -0.341 e. The molecule has 0 saturated carbocycles. The van der Waals surface area contributed by atoms with Crippen LogP contribution in [0, 0.1) is 11.8 Å². The van der Waals surface area contributed by atoms with Gasteiger partial charge in [0.1, 0.15) is 5.75 Å². The topological polar surface area (TPSA) is 66.5 Å². The Morgan fingerprint density at radius 2 is 1.88 bits per heavy atom. The summed E-state index contributed by atoms with van der Waals surface area (Å²) >= 11 is 0. The first kappa shape index (κ1) is 11.9. The second-order valence-corrected chi connectivity index (χ2v) is 7.13. The quantitative estimate of drug-likeness (QED) is 0.685. The van der Waals surface area contributed by atoms with Crippen molar-refractivity contribution in [2.45, 2.75) is 6.42 Å². The number of sulfone groups is 1. The molecule has 2 atom stereocenters. The molecular weight excluding hydrogens is 228 g/mol. The summed E-state index contributed by atoms with van der Waals surface area (Å²) in [6.07, 6.45) is 2.27. The van der Waals surface area contributed by atoms with Gasteiger partial charge >= 0.3 is 0 Å². The van der Waals surface area contributed by atoms with Crippen LogP contribution in [-0.4, -0.2) is 57.4 Å². The summed E-state index contributed by atoms with van der Waals surface area (Å²) in [7, 11) is -3.20. The number of hydrogen-bond acceptors (Lipinski definition) is 4. The second kappa shape index (κ2) is 4.33. The van der Waals surface area contributed by atoms with Crippen molar-refractivity contribution in [3.63, 3.8) is 0 Å². The number of amides is 1.